The molecule has 1 saturated heterocycles. The van der Waals surface area contributed by atoms with E-state index in [2.05, 4.69) is 25.2 Å². The number of rotatable bonds is 7. The molecule has 1 aliphatic heterocycles. The van der Waals surface area contributed by atoms with Crippen LogP contribution in [0.25, 0.3) is 11.3 Å². The van der Waals surface area contributed by atoms with Gasteiger partial charge in [0.2, 0.25) is 0 Å². The second-order valence-corrected chi connectivity index (χ2v) is 7.78. The summed E-state index contributed by atoms with van der Waals surface area (Å²) in [6.45, 7) is 2.63. The molecule has 0 spiro atoms. The first-order valence-corrected chi connectivity index (χ1v) is 10.7. The van der Waals surface area contributed by atoms with E-state index in [1.807, 2.05) is 30.3 Å². The molecular weight excluding hydrogens is 422 g/mol. The maximum absolute atomic E-state index is 13.1. The first kappa shape index (κ1) is 22.6. The zero-order valence-electron chi connectivity index (χ0n) is 18.1. The van der Waals surface area contributed by atoms with E-state index >= 15 is 0 Å². The van der Waals surface area contributed by atoms with Crippen LogP contribution in [0.1, 0.15) is 16.1 Å². The van der Waals surface area contributed by atoms with Crippen molar-refractivity contribution in [3.05, 3.63) is 60.2 Å². The predicted octanol–water partition coefficient (Wildman–Crippen LogP) is 1.07. The highest BCUT2D eigenvalue weighted by atomic mass is 16.5. The summed E-state index contributed by atoms with van der Waals surface area (Å²) in [5, 5.41) is 12.0. The van der Waals surface area contributed by atoms with Crippen LogP contribution in [-0.2, 0) is 11.2 Å². The van der Waals surface area contributed by atoms with Crippen LogP contribution in [0, 0.1) is 0 Å². The monoisotopic (exact) mass is 449 g/mol. The van der Waals surface area contributed by atoms with Gasteiger partial charge in [-0.05, 0) is 18.1 Å². The number of anilines is 3. The molecule has 172 valence electrons. The minimum atomic E-state index is -0.463. The summed E-state index contributed by atoms with van der Waals surface area (Å²) in [5.41, 5.74) is 15.6. The average Bonchev–Trinajstić information content (AvgIpc) is 2.85. The summed E-state index contributed by atoms with van der Waals surface area (Å²) >= 11 is 0. The van der Waals surface area contributed by atoms with E-state index in [0.29, 0.717) is 31.0 Å². The van der Waals surface area contributed by atoms with Gasteiger partial charge in [-0.25, -0.2) is 9.97 Å². The maximum Gasteiger partial charge on any atom is 0.278 e. The van der Waals surface area contributed by atoms with E-state index < -0.39 is 5.91 Å². The highest BCUT2D eigenvalue weighted by molar-refractivity contribution is 6.07. The molecule has 0 saturated carbocycles. The van der Waals surface area contributed by atoms with Crippen LogP contribution < -0.4 is 21.7 Å². The van der Waals surface area contributed by atoms with Crippen molar-refractivity contribution < 1.29 is 14.6 Å². The summed E-state index contributed by atoms with van der Waals surface area (Å²) in [6.07, 6.45) is 5.39. The van der Waals surface area contributed by atoms with Crippen molar-refractivity contribution >= 4 is 23.1 Å². The number of hydrogen-bond donors (Lipinski definition) is 4. The number of aliphatic hydroxyl groups is 1. The Morgan fingerprint density at radius 1 is 1.18 bits per heavy atom. The summed E-state index contributed by atoms with van der Waals surface area (Å²) in [6, 6.07) is 9.12. The van der Waals surface area contributed by atoms with Gasteiger partial charge in [-0.15, -0.1) is 0 Å². The Hall–Kier alpha value is -3.60. The summed E-state index contributed by atoms with van der Waals surface area (Å²) in [5.74, 6) is -0.423. The highest BCUT2D eigenvalue weighted by Crippen LogP contribution is 2.26. The number of carbonyl (C=O) groups excluding carboxylic acids is 1. The molecule has 0 radical (unpaired) electrons. The van der Waals surface area contributed by atoms with Crippen molar-refractivity contribution in [1.82, 2.24) is 15.0 Å². The number of nitrogens with zero attached hydrogens (tertiary/aromatic N) is 4. The van der Waals surface area contributed by atoms with Gasteiger partial charge in [-0.1, -0.05) is 24.3 Å². The lowest BCUT2D eigenvalue weighted by molar-refractivity contribution is 0.102. The molecule has 0 unspecified atom stereocenters. The molecule has 1 amide bonds. The Balaban J connectivity index is 1.54. The normalized spacial score (nSPS) is 14.7. The van der Waals surface area contributed by atoms with Crippen molar-refractivity contribution in [3.63, 3.8) is 0 Å². The van der Waals surface area contributed by atoms with Crippen molar-refractivity contribution in [2.24, 2.45) is 5.73 Å². The smallest absolute Gasteiger partial charge is 0.278 e. The molecule has 2 aromatic heterocycles. The lowest BCUT2D eigenvalue weighted by Crippen LogP contribution is -2.36. The Bertz CT molecular complexity index is 1100. The van der Waals surface area contributed by atoms with E-state index in [1.54, 1.807) is 12.4 Å². The minimum Gasteiger partial charge on any atom is -0.395 e. The zero-order chi connectivity index (χ0) is 23.2. The van der Waals surface area contributed by atoms with Gasteiger partial charge in [0.1, 0.15) is 0 Å². The number of aliphatic hydroxyl groups excluding tert-OH is 1. The number of nitrogens with two attached hydrogens (primary N) is 2. The quantitative estimate of drug-likeness (QED) is 0.415. The van der Waals surface area contributed by atoms with Gasteiger partial charge in [0.15, 0.2) is 11.5 Å². The molecule has 6 N–H and O–H groups in total. The van der Waals surface area contributed by atoms with Gasteiger partial charge >= 0.3 is 0 Å². The number of ether oxygens (including phenoxy) is 1. The third kappa shape index (κ3) is 5.43. The Morgan fingerprint density at radius 3 is 2.67 bits per heavy atom. The topological polar surface area (TPSA) is 153 Å². The van der Waals surface area contributed by atoms with Crippen molar-refractivity contribution in [2.75, 3.05) is 48.9 Å². The van der Waals surface area contributed by atoms with Gasteiger partial charge in [0, 0.05) is 30.9 Å². The second-order valence-electron chi connectivity index (χ2n) is 7.78. The lowest BCUT2D eigenvalue weighted by Gasteiger charge is -2.30. The number of nitrogen functional groups attached to an aromatic ring is 1. The molecule has 33 heavy (non-hydrogen) atoms. The van der Waals surface area contributed by atoms with Crippen LogP contribution in [0.15, 0.2) is 48.9 Å². The largest absolute Gasteiger partial charge is 0.395 e. The number of benzene rings is 1. The predicted molar refractivity (Wildman–Crippen MR) is 126 cm³/mol. The lowest BCUT2D eigenvalue weighted by atomic mass is 10.0. The Labute approximate surface area is 191 Å². The molecule has 10 nitrogen and oxygen atoms in total. The first-order valence-electron chi connectivity index (χ1n) is 10.7. The van der Waals surface area contributed by atoms with E-state index in [1.165, 1.54) is 6.20 Å². The average molecular weight is 450 g/mol. The minimum absolute atomic E-state index is 0.0376. The fourth-order valence-electron chi connectivity index (χ4n) is 3.63. The molecule has 0 aliphatic carbocycles. The van der Waals surface area contributed by atoms with Gasteiger partial charge in [0.05, 0.1) is 49.3 Å². The third-order valence-electron chi connectivity index (χ3n) is 5.40. The van der Waals surface area contributed by atoms with E-state index in [9.17, 15) is 4.79 Å². The highest BCUT2D eigenvalue weighted by Gasteiger charge is 2.20. The summed E-state index contributed by atoms with van der Waals surface area (Å²) < 4.78 is 5.42. The Morgan fingerprint density at radius 2 is 1.94 bits per heavy atom. The SMILES string of the molecule is Nc1ncc(-c2ccc(C[C@@H](N)CO)cc2)nc1C(=O)Nc1cnccc1N1CCOCC1. The molecule has 1 aromatic carbocycles. The molecule has 3 heterocycles. The number of amides is 1. The Kier molecular flexibility index (Phi) is 7.08. The van der Waals surface area contributed by atoms with Crippen LogP contribution in [0.4, 0.5) is 17.2 Å². The summed E-state index contributed by atoms with van der Waals surface area (Å²) in [4.78, 5) is 28.0. The number of hydrogen-bond acceptors (Lipinski definition) is 9. The number of nitrogens with one attached hydrogen (secondary N) is 1. The molecule has 1 aliphatic rings. The van der Waals surface area contributed by atoms with Crippen LogP contribution in [0.2, 0.25) is 0 Å². The van der Waals surface area contributed by atoms with E-state index in [4.69, 9.17) is 21.3 Å². The summed E-state index contributed by atoms with van der Waals surface area (Å²) in [7, 11) is 0. The van der Waals surface area contributed by atoms with Gasteiger partial charge in [-0.2, -0.15) is 0 Å². The molecule has 4 rings (SSSR count). The molecular formula is C23H27N7O3. The molecule has 1 fully saturated rings. The van der Waals surface area contributed by atoms with Gasteiger partial charge in [0.25, 0.3) is 5.91 Å². The van der Waals surface area contributed by atoms with Crippen molar-refractivity contribution in [1.29, 1.82) is 0 Å². The standard InChI is InChI=1S/C23H27N7O3/c24-17(14-31)11-15-1-3-16(4-2-15)18-13-27-22(25)21(28-18)23(32)29-19-12-26-6-5-20(19)30-7-9-33-10-8-30/h1-6,12-13,17,31H,7-11,14,24H2,(H2,25,27)(H,29,32)/t17-/m1/s1. The number of aromatic nitrogens is 3. The molecule has 3 aromatic rings. The van der Waals surface area contributed by atoms with Crippen LogP contribution in [0.3, 0.4) is 0 Å². The molecule has 10 heteroatoms. The first-order chi connectivity index (χ1) is 16.0. The molecule has 1 atom stereocenters. The van der Waals surface area contributed by atoms with Crippen LogP contribution >= 0.6 is 0 Å². The van der Waals surface area contributed by atoms with Gasteiger partial charge < -0.3 is 31.5 Å². The van der Waals surface area contributed by atoms with Crippen molar-refractivity contribution in [2.45, 2.75) is 12.5 Å². The fourth-order valence-corrected chi connectivity index (χ4v) is 3.63. The molecule has 0 bridgehead atoms. The third-order valence-corrected chi connectivity index (χ3v) is 5.40. The van der Waals surface area contributed by atoms with E-state index in [-0.39, 0.29) is 24.2 Å². The van der Waals surface area contributed by atoms with E-state index in [0.717, 1.165) is 29.9 Å². The van der Waals surface area contributed by atoms with Crippen LogP contribution in [0.5, 0.6) is 0 Å². The number of pyridine rings is 1. The number of carbonyl (C=O) groups is 1. The number of morpholine rings is 1. The van der Waals surface area contributed by atoms with Crippen LogP contribution in [-0.4, -0.2) is 64.9 Å². The zero-order valence-corrected chi connectivity index (χ0v) is 18.1. The maximum atomic E-state index is 13.1. The second kappa shape index (κ2) is 10.3. The fraction of sp³-hybridized carbons (Fsp3) is 0.304. The van der Waals surface area contributed by atoms with Crippen molar-refractivity contribution in [3.8, 4) is 11.3 Å². The van der Waals surface area contributed by atoms with Gasteiger partial charge in [-0.3, -0.25) is 9.78 Å².